The molecule has 0 N–H and O–H groups in total. The number of aliphatic imine (C=N–C) groups is 1. The zero-order chi connectivity index (χ0) is 12.4. The lowest BCUT2D eigenvalue weighted by Crippen LogP contribution is -2.38. The number of ketones is 2. The molecule has 0 saturated heterocycles. The molecule has 0 aliphatic heterocycles. The summed E-state index contributed by atoms with van der Waals surface area (Å²) < 4.78 is 0. The topological polar surface area (TPSA) is 46.5 Å². The molecule has 0 bridgehead atoms. The Morgan fingerprint density at radius 3 is 2.59 bits per heavy atom. The van der Waals surface area contributed by atoms with Crippen LogP contribution in [-0.2, 0) is 0 Å². The molecule has 0 aromatic heterocycles. The van der Waals surface area contributed by atoms with Gasteiger partial charge in [-0.2, -0.15) is 0 Å². The Balaban J connectivity index is 2.54. The molecule has 0 radical (unpaired) electrons. The van der Waals surface area contributed by atoms with E-state index in [4.69, 9.17) is 11.6 Å². The molecule has 1 aliphatic rings. The van der Waals surface area contributed by atoms with E-state index in [1.165, 1.54) is 0 Å². The van der Waals surface area contributed by atoms with E-state index >= 15 is 0 Å². The minimum atomic E-state index is -0.989. The van der Waals surface area contributed by atoms with Gasteiger partial charge in [0.25, 0.3) is 0 Å². The second-order valence-electron chi connectivity index (χ2n) is 3.62. The van der Waals surface area contributed by atoms with Crippen LogP contribution in [0.5, 0.6) is 0 Å². The van der Waals surface area contributed by atoms with Crippen molar-refractivity contribution in [1.82, 2.24) is 0 Å². The SMILES string of the molecule is C=CCN=C1C(=O)c2ccccc2C(=O)C1Cl. The Kier molecular flexibility index (Phi) is 3.20. The van der Waals surface area contributed by atoms with Crippen molar-refractivity contribution in [1.29, 1.82) is 0 Å². The number of benzene rings is 1. The third-order valence-electron chi connectivity index (χ3n) is 2.53. The molecule has 1 atom stereocenters. The normalized spacial score (nSPS) is 21.5. The first-order valence-corrected chi connectivity index (χ1v) is 5.57. The third kappa shape index (κ3) is 1.94. The van der Waals surface area contributed by atoms with E-state index in [1.54, 1.807) is 30.3 Å². The van der Waals surface area contributed by atoms with Crippen LogP contribution in [0.3, 0.4) is 0 Å². The molecule has 17 heavy (non-hydrogen) atoms. The summed E-state index contributed by atoms with van der Waals surface area (Å²) in [7, 11) is 0. The minimum Gasteiger partial charge on any atom is -0.292 e. The number of nitrogens with zero attached hydrogens (tertiary/aromatic N) is 1. The molecule has 0 heterocycles. The average Bonchev–Trinajstić information content (AvgIpc) is 2.36. The number of fused-ring (bicyclic) bond motifs is 1. The van der Waals surface area contributed by atoms with Crippen LogP contribution in [0.1, 0.15) is 20.7 Å². The van der Waals surface area contributed by atoms with Gasteiger partial charge in [-0.3, -0.25) is 14.6 Å². The van der Waals surface area contributed by atoms with Crippen molar-refractivity contribution in [2.45, 2.75) is 5.38 Å². The fraction of sp³-hybridized carbons (Fsp3) is 0.154. The molecule has 1 aliphatic carbocycles. The monoisotopic (exact) mass is 247 g/mol. The molecular formula is C13H10ClNO2. The summed E-state index contributed by atoms with van der Waals surface area (Å²) in [6.45, 7) is 3.79. The highest BCUT2D eigenvalue weighted by molar-refractivity contribution is 6.64. The van der Waals surface area contributed by atoms with Gasteiger partial charge in [0.1, 0.15) is 11.1 Å². The largest absolute Gasteiger partial charge is 0.292 e. The van der Waals surface area contributed by atoms with E-state index in [0.717, 1.165) is 0 Å². The molecule has 3 nitrogen and oxygen atoms in total. The summed E-state index contributed by atoms with van der Waals surface area (Å²) in [5, 5.41) is -0.989. The van der Waals surface area contributed by atoms with Crippen LogP contribution in [0.2, 0.25) is 0 Å². The van der Waals surface area contributed by atoms with Crippen molar-refractivity contribution in [3.8, 4) is 0 Å². The average molecular weight is 248 g/mol. The van der Waals surface area contributed by atoms with Gasteiger partial charge in [0.05, 0.1) is 6.54 Å². The molecule has 1 unspecified atom stereocenters. The van der Waals surface area contributed by atoms with Gasteiger partial charge in [-0.25, -0.2) is 0 Å². The molecule has 0 spiro atoms. The first-order valence-electron chi connectivity index (χ1n) is 5.14. The Labute approximate surface area is 104 Å². The van der Waals surface area contributed by atoms with Crippen molar-refractivity contribution in [3.05, 3.63) is 48.0 Å². The van der Waals surface area contributed by atoms with E-state index in [-0.39, 0.29) is 23.8 Å². The molecule has 0 saturated carbocycles. The quantitative estimate of drug-likeness (QED) is 0.595. The van der Waals surface area contributed by atoms with Crippen LogP contribution in [0, 0.1) is 0 Å². The van der Waals surface area contributed by atoms with Crippen molar-refractivity contribution in [2.24, 2.45) is 4.99 Å². The number of hydrogen-bond acceptors (Lipinski definition) is 3. The standard InChI is InChI=1S/C13H10ClNO2/c1-2-7-15-11-10(14)12(16)8-5-3-4-6-9(8)13(11)17/h2-6,10H,1,7H2. The summed E-state index contributed by atoms with van der Waals surface area (Å²) in [4.78, 5) is 28.0. The maximum Gasteiger partial charge on any atom is 0.209 e. The summed E-state index contributed by atoms with van der Waals surface area (Å²) in [5.41, 5.74) is 0.850. The molecule has 4 heteroatoms. The number of rotatable bonds is 2. The van der Waals surface area contributed by atoms with Crippen LogP contribution in [0.4, 0.5) is 0 Å². The number of hydrogen-bond donors (Lipinski definition) is 0. The zero-order valence-corrected chi connectivity index (χ0v) is 9.78. The van der Waals surface area contributed by atoms with Gasteiger partial charge in [0, 0.05) is 11.1 Å². The number of carbonyl (C=O) groups excluding carboxylic acids is 2. The van der Waals surface area contributed by atoms with Gasteiger partial charge in [-0.05, 0) is 0 Å². The molecule has 1 aromatic rings. The summed E-state index contributed by atoms with van der Waals surface area (Å²) >= 11 is 5.96. The van der Waals surface area contributed by atoms with Crippen molar-refractivity contribution in [2.75, 3.05) is 6.54 Å². The lowest BCUT2D eigenvalue weighted by Gasteiger charge is -2.19. The van der Waals surface area contributed by atoms with Crippen LogP contribution in [0.15, 0.2) is 41.9 Å². The van der Waals surface area contributed by atoms with E-state index in [9.17, 15) is 9.59 Å². The second-order valence-corrected chi connectivity index (χ2v) is 4.05. The fourth-order valence-electron chi connectivity index (χ4n) is 1.72. The number of halogens is 1. The lowest BCUT2D eigenvalue weighted by atomic mass is 9.88. The highest BCUT2D eigenvalue weighted by atomic mass is 35.5. The molecule has 86 valence electrons. The van der Waals surface area contributed by atoms with Gasteiger partial charge in [0.15, 0.2) is 5.78 Å². The van der Waals surface area contributed by atoms with Crippen LogP contribution in [-0.4, -0.2) is 29.2 Å². The van der Waals surface area contributed by atoms with Gasteiger partial charge < -0.3 is 0 Å². The molecular weight excluding hydrogens is 238 g/mol. The van der Waals surface area contributed by atoms with E-state index < -0.39 is 5.38 Å². The summed E-state index contributed by atoms with van der Waals surface area (Å²) in [6, 6.07) is 6.64. The van der Waals surface area contributed by atoms with Gasteiger partial charge in [-0.1, -0.05) is 30.3 Å². The maximum absolute atomic E-state index is 12.1. The number of Topliss-reactive ketones (excluding diaryl/α,β-unsaturated/α-hetero) is 2. The smallest absolute Gasteiger partial charge is 0.209 e. The van der Waals surface area contributed by atoms with Gasteiger partial charge in [-0.15, -0.1) is 18.2 Å². The van der Waals surface area contributed by atoms with E-state index in [1.807, 2.05) is 0 Å². The lowest BCUT2D eigenvalue weighted by molar-refractivity contribution is 0.0967. The van der Waals surface area contributed by atoms with Gasteiger partial charge in [0.2, 0.25) is 5.78 Å². The predicted molar refractivity (Wildman–Crippen MR) is 67.2 cm³/mol. The molecule has 2 rings (SSSR count). The second kappa shape index (κ2) is 4.63. The van der Waals surface area contributed by atoms with Crippen LogP contribution >= 0.6 is 11.6 Å². The Morgan fingerprint density at radius 2 is 1.94 bits per heavy atom. The summed E-state index contributed by atoms with van der Waals surface area (Å²) in [5.74, 6) is -0.549. The van der Waals surface area contributed by atoms with Crippen LogP contribution in [0.25, 0.3) is 0 Å². The Bertz CT molecular complexity index is 534. The number of carbonyl (C=O) groups is 2. The predicted octanol–water partition coefficient (Wildman–Crippen LogP) is 2.30. The molecule has 0 fully saturated rings. The van der Waals surface area contributed by atoms with E-state index in [0.29, 0.717) is 11.1 Å². The zero-order valence-electron chi connectivity index (χ0n) is 9.02. The van der Waals surface area contributed by atoms with Crippen LogP contribution < -0.4 is 0 Å². The maximum atomic E-state index is 12.1. The molecule has 0 amide bonds. The minimum absolute atomic E-state index is 0.107. The summed E-state index contributed by atoms with van der Waals surface area (Å²) in [6.07, 6.45) is 1.55. The fourth-order valence-corrected chi connectivity index (χ4v) is 2.01. The van der Waals surface area contributed by atoms with Gasteiger partial charge >= 0.3 is 0 Å². The first kappa shape index (κ1) is 11.7. The van der Waals surface area contributed by atoms with Crippen molar-refractivity contribution in [3.63, 3.8) is 0 Å². The highest BCUT2D eigenvalue weighted by Gasteiger charge is 2.36. The van der Waals surface area contributed by atoms with Crippen molar-refractivity contribution >= 4 is 28.9 Å². The Morgan fingerprint density at radius 1 is 1.29 bits per heavy atom. The number of alkyl halides is 1. The molecule has 1 aromatic carbocycles. The Hall–Kier alpha value is -1.74. The first-order chi connectivity index (χ1) is 8.16. The van der Waals surface area contributed by atoms with Crippen molar-refractivity contribution < 1.29 is 9.59 Å². The van der Waals surface area contributed by atoms with E-state index in [2.05, 4.69) is 11.6 Å². The highest BCUT2D eigenvalue weighted by Crippen LogP contribution is 2.23. The third-order valence-corrected chi connectivity index (χ3v) is 2.94.